The number of carboxylic acids is 1. The standard InChI is InChI=1S/C18H19N3O4/c1-11-2-9-16(21-20-11)25-15-7-5-14(6-8-15)19-17(22)12-3-4-13(10-12)18(23)24/h2,5-9,12-13H,3-4,10H2,1H3,(H,19,22)(H,23,24)/t12-,13+/m1/s1. The van der Waals surface area contributed by atoms with Crippen molar-refractivity contribution in [3.8, 4) is 11.6 Å². The largest absolute Gasteiger partial charge is 0.481 e. The van der Waals surface area contributed by atoms with Crippen LogP contribution >= 0.6 is 0 Å². The molecule has 2 N–H and O–H groups in total. The Morgan fingerprint density at radius 1 is 1.08 bits per heavy atom. The number of carbonyl (C=O) groups excluding carboxylic acids is 1. The van der Waals surface area contributed by atoms with Crippen molar-refractivity contribution in [1.29, 1.82) is 0 Å². The van der Waals surface area contributed by atoms with Crippen molar-refractivity contribution >= 4 is 17.6 Å². The van der Waals surface area contributed by atoms with Gasteiger partial charge in [-0.3, -0.25) is 9.59 Å². The number of aromatic nitrogens is 2. The second-order valence-corrected chi connectivity index (χ2v) is 6.17. The minimum Gasteiger partial charge on any atom is -0.481 e. The van der Waals surface area contributed by atoms with Gasteiger partial charge in [-0.05, 0) is 56.5 Å². The Bertz CT molecular complexity index is 759. The minimum absolute atomic E-state index is 0.137. The van der Waals surface area contributed by atoms with Gasteiger partial charge in [-0.2, -0.15) is 5.10 Å². The van der Waals surface area contributed by atoms with Gasteiger partial charge in [0.15, 0.2) is 0 Å². The summed E-state index contributed by atoms with van der Waals surface area (Å²) < 4.78 is 5.58. The monoisotopic (exact) mass is 341 g/mol. The summed E-state index contributed by atoms with van der Waals surface area (Å²) >= 11 is 0. The fourth-order valence-corrected chi connectivity index (χ4v) is 2.86. The third kappa shape index (κ3) is 4.32. The third-order valence-corrected chi connectivity index (χ3v) is 4.27. The van der Waals surface area contributed by atoms with Gasteiger partial charge in [0, 0.05) is 17.7 Å². The molecule has 7 nitrogen and oxygen atoms in total. The third-order valence-electron chi connectivity index (χ3n) is 4.27. The van der Waals surface area contributed by atoms with Crippen molar-refractivity contribution in [1.82, 2.24) is 10.2 Å². The van der Waals surface area contributed by atoms with Crippen molar-refractivity contribution in [2.24, 2.45) is 11.8 Å². The second-order valence-electron chi connectivity index (χ2n) is 6.17. The number of hydrogen-bond acceptors (Lipinski definition) is 5. The highest BCUT2D eigenvalue weighted by atomic mass is 16.5. The lowest BCUT2D eigenvalue weighted by molar-refractivity contribution is -0.141. The molecule has 1 aliphatic rings. The van der Waals surface area contributed by atoms with Crippen molar-refractivity contribution in [2.45, 2.75) is 26.2 Å². The van der Waals surface area contributed by atoms with Crippen LogP contribution in [0.4, 0.5) is 5.69 Å². The fourth-order valence-electron chi connectivity index (χ4n) is 2.86. The SMILES string of the molecule is Cc1ccc(Oc2ccc(NC(=O)[C@@H]3CC[C@H](C(=O)O)C3)cc2)nn1. The molecule has 1 aliphatic carbocycles. The molecule has 0 aliphatic heterocycles. The second kappa shape index (κ2) is 7.29. The Morgan fingerprint density at radius 3 is 2.40 bits per heavy atom. The Labute approximate surface area is 145 Å². The molecule has 1 aromatic carbocycles. The predicted molar refractivity (Wildman–Crippen MR) is 90.4 cm³/mol. The van der Waals surface area contributed by atoms with E-state index in [0.29, 0.717) is 36.6 Å². The zero-order valence-corrected chi connectivity index (χ0v) is 13.8. The number of aliphatic carboxylic acids is 1. The lowest BCUT2D eigenvalue weighted by Crippen LogP contribution is -2.21. The molecule has 0 saturated heterocycles. The Balaban J connectivity index is 1.56. The van der Waals surface area contributed by atoms with Gasteiger partial charge < -0.3 is 15.2 Å². The van der Waals surface area contributed by atoms with Crippen LogP contribution in [0.2, 0.25) is 0 Å². The summed E-state index contributed by atoms with van der Waals surface area (Å²) in [4.78, 5) is 23.2. The van der Waals surface area contributed by atoms with Crippen LogP contribution in [-0.4, -0.2) is 27.2 Å². The van der Waals surface area contributed by atoms with Gasteiger partial charge in [0.1, 0.15) is 5.75 Å². The van der Waals surface area contributed by atoms with Gasteiger partial charge in [0.05, 0.1) is 11.6 Å². The number of nitrogens with zero attached hydrogens (tertiary/aromatic N) is 2. The van der Waals surface area contributed by atoms with Crippen LogP contribution in [0.5, 0.6) is 11.6 Å². The number of aryl methyl sites for hydroxylation is 1. The molecule has 130 valence electrons. The van der Waals surface area contributed by atoms with Crippen LogP contribution < -0.4 is 10.1 Å². The van der Waals surface area contributed by atoms with Crippen LogP contribution in [0.25, 0.3) is 0 Å². The van der Waals surface area contributed by atoms with E-state index in [-0.39, 0.29) is 11.8 Å². The molecule has 1 heterocycles. The molecular formula is C18H19N3O4. The summed E-state index contributed by atoms with van der Waals surface area (Å²) in [5.74, 6) is -0.643. The molecule has 7 heteroatoms. The number of carbonyl (C=O) groups is 2. The van der Waals surface area contributed by atoms with E-state index in [4.69, 9.17) is 9.84 Å². The van der Waals surface area contributed by atoms with Gasteiger partial charge in [0.2, 0.25) is 11.8 Å². The van der Waals surface area contributed by atoms with Crippen molar-refractivity contribution < 1.29 is 19.4 Å². The zero-order valence-electron chi connectivity index (χ0n) is 13.8. The maximum absolute atomic E-state index is 12.2. The van der Waals surface area contributed by atoms with Gasteiger partial charge in [-0.1, -0.05) is 0 Å². The first kappa shape index (κ1) is 16.9. The topological polar surface area (TPSA) is 101 Å². The molecule has 1 aromatic heterocycles. The summed E-state index contributed by atoms with van der Waals surface area (Å²) in [6.07, 6.45) is 1.56. The quantitative estimate of drug-likeness (QED) is 0.867. The number of carboxylic acid groups (broad SMARTS) is 1. The normalized spacial score (nSPS) is 19.4. The van der Waals surface area contributed by atoms with E-state index in [1.165, 1.54) is 0 Å². The average molecular weight is 341 g/mol. The molecule has 1 saturated carbocycles. The maximum Gasteiger partial charge on any atom is 0.306 e. The number of benzene rings is 1. The predicted octanol–water partition coefficient (Wildman–Crippen LogP) is 3.02. The van der Waals surface area contributed by atoms with E-state index in [2.05, 4.69) is 15.5 Å². The van der Waals surface area contributed by atoms with Crippen molar-refractivity contribution in [3.63, 3.8) is 0 Å². The Morgan fingerprint density at radius 2 is 1.80 bits per heavy atom. The molecule has 2 atom stereocenters. The van der Waals surface area contributed by atoms with Crippen LogP contribution in [0.3, 0.4) is 0 Å². The first-order chi connectivity index (χ1) is 12.0. The molecule has 1 fully saturated rings. The summed E-state index contributed by atoms with van der Waals surface area (Å²) in [6.45, 7) is 1.84. The smallest absolute Gasteiger partial charge is 0.306 e. The van der Waals surface area contributed by atoms with Crippen LogP contribution in [0, 0.1) is 18.8 Å². The van der Waals surface area contributed by atoms with E-state index in [0.717, 1.165) is 5.69 Å². The van der Waals surface area contributed by atoms with Crippen LogP contribution in [-0.2, 0) is 9.59 Å². The molecule has 0 bridgehead atoms. The van der Waals surface area contributed by atoms with E-state index in [1.54, 1.807) is 30.3 Å². The van der Waals surface area contributed by atoms with Crippen LogP contribution in [0.15, 0.2) is 36.4 Å². The summed E-state index contributed by atoms with van der Waals surface area (Å²) in [5, 5.41) is 19.7. The molecule has 2 aromatic rings. The number of ether oxygens (including phenoxy) is 1. The van der Waals surface area contributed by atoms with Gasteiger partial charge in [-0.25, -0.2) is 0 Å². The molecule has 0 radical (unpaired) electrons. The summed E-state index contributed by atoms with van der Waals surface area (Å²) in [5.41, 5.74) is 1.45. The minimum atomic E-state index is -0.823. The first-order valence-corrected chi connectivity index (χ1v) is 8.13. The molecule has 0 unspecified atom stereocenters. The fraction of sp³-hybridized carbons (Fsp3) is 0.333. The Kier molecular flexibility index (Phi) is 4.92. The van der Waals surface area contributed by atoms with Gasteiger partial charge in [0.25, 0.3) is 0 Å². The molecule has 1 amide bonds. The number of amides is 1. The van der Waals surface area contributed by atoms with Crippen molar-refractivity contribution in [2.75, 3.05) is 5.32 Å². The van der Waals surface area contributed by atoms with Gasteiger partial charge in [-0.15, -0.1) is 5.10 Å². The number of hydrogen-bond donors (Lipinski definition) is 2. The maximum atomic E-state index is 12.2. The number of nitrogens with one attached hydrogen (secondary N) is 1. The zero-order chi connectivity index (χ0) is 17.8. The highest BCUT2D eigenvalue weighted by Crippen LogP contribution is 2.32. The van der Waals surface area contributed by atoms with Gasteiger partial charge >= 0.3 is 5.97 Å². The number of rotatable bonds is 5. The van der Waals surface area contributed by atoms with Crippen LogP contribution in [0.1, 0.15) is 25.0 Å². The molecule has 25 heavy (non-hydrogen) atoms. The molecule has 0 spiro atoms. The Hall–Kier alpha value is -2.96. The first-order valence-electron chi connectivity index (χ1n) is 8.13. The van der Waals surface area contributed by atoms with E-state index in [9.17, 15) is 9.59 Å². The van der Waals surface area contributed by atoms with E-state index >= 15 is 0 Å². The number of anilines is 1. The highest BCUT2D eigenvalue weighted by molar-refractivity contribution is 5.93. The molecule has 3 rings (SSSR count). The average Bonchev–Trinajstić information content (AvgIpc) is 3.09. The highest BCUT2D eigenvalue weighted by Gasteiger charge is 2.33. The molecular weight excluding hydrogens is 322 g/mol. The lowest BCUT2D eigenvalue weighted by atomic mass is 10.0. The van der Waals surface area contributed by atoms with E-state index in [1.807, 2.05) is 13.0 Å². The lowest BCUT2D eigenvalue weighted by Gasteiger charge is -2.11. The summed E-state index contributed by atoms with van der Waals surface area (Å²) in [7, 11) is 0. The summed E-state index contributed by atoms with van der Waals surface area (Å²) in [6, 6.07) is 10.5. The van der Waals surface area contributed by atoms with Crippen molar-refractivity contribution in [3.05, 3.63) is 42.1 Å². The van der Waals surface area contributed by atoms with E-state index < -0.39 is 11.9 Å².